The molecule has 1 amide bonds. The van der Waals surface area contributed by atoms with E-state index in [0.717, 1.165) is 5.69 Å². The van der Waals surface area contributed by atoms with Crippen molar-refractivity contribution in [3.05, 3.63) is 66.7 Å². The number of nitrogens with zero attached hydrogens (tertiary/aromatic N) is 3. The van der Waals surface area contributed by atoms with Crippen LogP contribution in [0.2, 0.25) is 0 Å². The predicted octanol–water partition coefficient (Wildman–Crippen LogP) is 3.90. The van der Waals surface area contributed by atoms with Crippen molar-refractivity contribution in [3.63, 3.8) is 0 Å². The van der Waals surface area contributed by atoms with Gasteiger partial charge in [0, 0.05) is 36.0 Å². The molecule has 7 nitrogen and oxygen atoms in total. The molecule has 0 saturated carbocycles. The van der Waals surface area contributed by atoms with Gasteiger partial charge in [-0.05, 0) is 36.2 Å². The Labute approximate surface area is 157 Å². The van der Waals surface area contributed by atoms with Crippen LogP contribution >= 0.6 is 0 Å². The van der Waals surface area contributed by atoms with E-state index >= 15 is 0 Å². The van der Waals surface area contributed by atoms with E-state index in [2.05, 4.69) is 39.4 Å². The van der Waals surface area contributed by atoms with Crippen LogP contribution in [0.15, 0.2) is 61.1 Å². The zero-order valence-electron chi connectivity index (χ0n) is 15.2. The second-order valence-corrected chi connectivity index (χ2v) is 6.31. The molecule has 27 heavy (non-hydrogen) atoms. The summed E-state index contributed by atoms with van der Waals surface area (Å²) in [6.45, 7) is 4.78. The zero-order chi connectivity index (χ0) is 19.1. The first-order valence-corrected chi connectivity index (χ1v) is 8.64. The highest BCUT2D eigenvalue weighted by Crippen LogP contribution is 2.19. The van der Waals surface area contributed by atoms with Crippen LogP contribution in [0, 0.1) is 5.92 Å². The number of anilines is 3. The first-order valence-electron chi connectivity index (χ1n) is 8.64. The molecular weight excluding hydrogens is 342 g/mol. The average molecular weight is 363 g/mol. The summed E-state index contributed by atoms with van der Waals surface area (Å²) in [5, 5.41) is 5.87. The van der Waals surface area contributed by atoms with E-state index in [4.69, 9.17) is 4.74 Å². The molecule has 0 fully saturated rings. The van der Waals surface area contributed by atoms with Crippen LogP contribution in [0.3, 0.4) is 0 Å². The van der Waals surface area contributed by atoms with Crippen LogP contribution in [-0.4, -0.2) is 27.5 Å². The molecule has 3 aromatic rings. The molecule has 7 heteroatoms. The summed E-state index contributed by atoms with van der Waals surface area (Å²) in [6.07, 6.45) is 4.86. The van der Waals surface area contributed by atoms with E-state index in [9.17, 15) is 4.79 Å². The molecule has 0 unspecified atom stereocenters. The summed E-state index contributed by atoms with van der Waals surface area (Å²) in [5.41, 5.74) is 1.69. The molecule has 0 aliphatic rings. The maximum Gasteiger partial charge on any atom is 0.274 e. The number of carbonyl (C=O) groups excluding carboxylic acids is 1. The standard InChI is InChI=1S/C20H21N5O2/c1-14(2)13-27-17-5-3-4-16(12-17)23-19(26)18-8-11-22-20(25-18)24-15-6-9-21-10-7-15/h3-12,14H,13H2,1-2H3,(H,23,26)(H,21,22,24,25). The van der Waals surface area contributed by atoms with Gasteiger partial charge in [0.05, 0.1) is 6.61 Å². The minimum Gasteiger partial charge on any atom is -0.493 e. The van der Waals surface area contributed by atoms with E-state index in [0.29, 0.717) is 29.9 Å². The number of aromatic nitrogens is 3. The van der Waals surface area contributed by atoms with Crippen molar-refractivity contribution in [2.24, 2.45) is 5.92 Å². The molecule has 1 aromatic carbocycles. The average Bonchev–Trinajstić information content (AvgIpc) is 2.68. The van der Waals surface area contributed by atoms with Gasteiger partial charge in [0.1, 0.15) is 11.4 Å². The number of ether oxygens (including phenoxy) is 1. The maximum absolute atomic E-state index is 12.5. The Balaban J connectivity index is 1.67. The first-order chi connectivity index (χ1) is 13.1. The van der Waals surface area contributed by atoms with Gasteiger partial charge in [0.15, 0.2) is 0 Å². The van der Waals surface area contributed by atoms with Gasteiger partial charge in [-0.3, -0.25) is 9.78 Å². The Kier molecular flexibility index (Phi) is 5.94. The van der Waals surface area contributed by atoms with Gasteiger partial charge in [0.2, 0.25) is 5.95 Å². The number of pyridine rings is 1. The Morgan fingerprint density at radius 1 is 1.07 bits per heavy atom. The molecule has 0 radical (unpaired) electrons. The second-order valence-electron chi connectivity index (χ2n) is 6.31. The first kappa shape index (κ1) is 18.3. The van der Waals surface area contributed by atoms with Crippen molar-refractivity contribution in [1.82, 2.24) is 15.0 Å². The van der Waals surface area contributed by atoms with Crippen LogP contribution < -0.4 is 15.4 Å². The van der Waals surface area contributed by atoms with Crippen LogP contribution in [-0.2, 0) is 0 Å². The van der Waals surface area contributed by atoms with Gasteiger partial charge in [0.25, 0.3) is 5.91 Å². The monoisotopic (exact) mass is 363 g/mol. The lowest BCUT2D eigenvalue weighted by Gasteiger charge is -2.11. The van der Waals surface area contributed by atoms with Gasteiger partial charge >= 0.3 is 0 Å². The molecule has 2 N–H and O–H groups in total. The van der Waals surface area contributed by atoms with E-state index < -0.39 is 0 Å². The summed E-state index contributed by atoms with van der Waals surface area (Å²) in [7, 11) is 0. The summed E-state index contributed by atoms with van der Waals surface area (Å²) in [5.74, 6) is 1.15. The topological polar surface area (TPSA) is 89.0 Å². The SMILES string of the molecule is CC(C)COc1cccc(NC(=O)c2ccnc(Nc3ccncc3)n2)c1. The van der Waals surface area contributed by atoms with E-state index in [1.165, 1.54) is 6.20 Å². The fraction of sp³-hybridized carbons (Fsp3) is 0.200. The second kappa shape index (κ2) is 8.75. The molecule has 0 saturated heterocycles. The highest BCUT2D eigenvalue weighted by atomic mass is 16.5. The lowest BCUT2D eigenvalue weighted by molar-refractivity contribution is 0.102. The van der Waals surface area contributed by atoms with Crippen LogP contribution in [0.1, 0.15) is 24.3 Å². The minimum absolute atomic E-state index is 0.259. The summed E-state index contributed by atoms with van der Waals surface area (Å²) in [6, 6.07) is 12.4. The van der Waals surface area contributed by atoms with Crippen LogP contribution in [0.25, 0.3) is 0 Å². The molecule has 3 rings (SSSR count). The molecule has 2 aromatic heterocycles. The largest absolute Gasteiger partial charge is 0.493 e. The van der Waals surface area contributed by atoms with E-state index in [-0.39, 0.29) is 11.6 Å². The summed E-state index contributed by atoms with van der Waals surface area (Å²) < 4.78 is 5.69. The summed E-state index contributed by atoms with van der Waals surface area (Å²) >= 11 is 0. The van der Waals surface area contributed by atoms with Gasteiger partial charge in [-0.1, -0.05) is 19.9 Å². The Morgan fingerprint density at radius 2 is 1.89 bits per heavy atom. The molecule has 0 aliphatic heterocycles. The van der Waals surface area contributed by atoms with E-state index in [1.54, 1.807) is 42.7 Å². The van der Waals surface area contributed by atoms with Crippen molar-refractivity contribution in [3.8, 4) is 5.75 Å². The molecule has 0 bridgehead atoms. The minimum atomic E-state index is -0.323. The third-order valence-electron chi connectivity index (χ3n) is 3.50. The third-order valence-corrected chi connectivity index (χ3v) is 3.50. The fourth-order valence-corrected chi connectivity index (χ4v) is 2.23. The van der Waals surface area contributed by atoms with Crippen molar-refractivity contribution < 1.29 is 9.53 Å². The van der Waals surface area contributed by atoms with Gasteiger partial charge in [-0.15, -0.1) is 0 Å². The molecular formula is C20H21N5O2. The number of nitrogens with one attached hydrogen (secondary N) is 2. The number of amides is 1. The quantitative estimate of drug-likeness (QED) is 0.662. The smallest absolute Gasteiger partial charge is 0.274 e. The zero-order valence-corrected chi connectivity index (χ0v) is 15.2. The van der Waals surface area contributed by atoms with Crippen molar-refractivity contribution >= 4 is 23.2 Å². The van der Waals surface area contributed by atoms with E-state index in [1.807, 2.05) is 12.1 Å². The molecule has 0 atom stereocenters. The maximum atomic E-state index is 12.5. The van der Waals surface area contributed by atoms with Crippen molar-refractivity contribution in [1.29, 1.82) is 0 Å². The fourth-order valence-electron chi connectivity index (χ4n) is 2.23. The molecule has 138 valence electrons. The van der Waals surface area contributed by atoms with Gasteiger partial charge in [-0.2, -0.15) is 0 Å². The number of benzene rings is 1. The van der Waals surface area contributed by atoms with Crippen LogP contribution in [0.4, 0.5) is 17.3 Å². The highest BCUT2D eigenvalue weighted by Gasteiger charge is 2.10. The highest BCUT2D eigenvalue weighted by molar-refractivity contribution is 6.03. The third kappa shape index (κ3) is 5.50. The lowest BCUT2D eigenvalue weighted by Crippen LogP contribution is -2.15. The lowest BCUT2D eigenvalue weighted by atomic mass is 10.2. The molecule has 2 heterocycles. The van der Waals surface area contributed by atoms with Gasteiger partial charge < -0.3 is 15.4 Å². The number of hydrogen-bond acceptors (Lipinski definition) is 6. The Bertz CT molecular complexity index is 900. The van der Waals surface area contributed by atoms with Gasteiger partial charge in [-0.25, -0.2) is 9.97 Å². The Morgan fingerprint density at radius 3 is 2.67 bits per heavy atom. The predicted molar refractivity (Wildman–Crippen MR) is 104 cm³/mol. The molecule has 0 aliphatic carbocycles. The van der Waals surface area contributed by atoms with Crippen molar-refractivity contribution in [2.75, 3.05) is 17.2 Å². The number of rotatable bonds is 7. The molecule has 0 spiro atoms. The number of carbonyl (C=O) groups is 1. The normalized spacial score (nSPS) is 10.5. The van der Waals surface area contributed by atoms with Crippen LogP contribution in [0.5, 0.6) is 5.75 Å². The number of hydrogen-bond donors (Lipinski definition) is 2. The Hall–Kier alpha value is -3.48. The summed E-state index contributed by atoms with van der Waals surface area (Å²) in [4.78, 5) is 24.9. The van der Waals surface area contributed by atoms with Crippen molar-refractivity contribution in [2.45, 2.75) is 13.8 Å².